The van der Waals surface area contributed by atoms with Crippen molar-refractivity contribution in [3.8, 4) is 90.3 Å². The largest absolute Gasteiger partial charge is 0.455 e. The molecule has 1 aliphatic rings. The van der Waals surface area contributed by atoms with Gasteiger partial charge < -0.3 is 4.42 Å². The van der Waals surface area contributed by atoms with E-state index in [1.54, 1.807) is 0 Å². The first-order valence-corrected chi connectivity index (χ1v) is 20.8. The highest BCUT2D eigenvalue weighted by molar-refractivity contribution is 6.09. The molecule has 0 radical (unpaired) electrons. The van der Waals surface area contributed by atoms with Gasteiger partial charge in [0.1, 0.15) is 11.2 Å². The Morgan fingerprint density at radius 3 is 1.65 bits per heavy atom. The van der Waals surface area contributed by atoms with E-state index in [2.05, 4.69) is 133 Å². The fourth-order valence-electron chi connectivity index (χ4n) is 8.80. The molecule has 0 bridgehead atoms. The zero-order chi connectivity index (χ0) is 41.0. The van der Waals surface area contributed by atoms with Gasteiger partial charge in [-0.05, 0) is 70.1 Å². The number of furan rings is 1. The van der Waals surface area contributed by atoms with E-state index in [0.717, 1.165) is 84.3 Å². The molecule has 6 heteroatoms. The van der Waals surface area contributed by atoms with Gasteiger partial charge in [0.05, 0.1) is 11.4 Å². The maximum absolute atomic E-state index is 6.48. The number of hydrogen-bond donors (Lipinski definition) is 0. The smallest absolute Gasteiger partial charge is 0.164 e. The third-order valence-corrected chi connectivity index (χ3v) is 11.8. The van der Waals surface area contributed by atoms with E-state index in [1.807, 2.05) is 66.7 Å². The van der Waals surface area contributed by atoms with Gasteiger partial charge in [-0.1, -0.05) is 170 Å². The van der Waals surface area contributed by atoms with Gasteiger partial charge in [0.25, 0.3) is 0 Å². The summed E-state index contributed by atoms with van der Waals surface area (Å²) in [6.45, 7) is 0. The fourth-order valence-corrected chi connectivity index (χ4v) is 8.80. The molecule has 0 spiro atoms. The molecule has 6 nitrogen and oxygen atoms in total. The van der Waals surface area contributed by atoms with Gasteiger partial charge in [0, 0.05) is 44.2 Å². The van der Waals surface area contributed by atoms with Gasteiger partial charge in [0.2, 0.25) is 0 Å². The molecule has 0 aliphatic heterocycles. The van der Waals surface area contributed by atoms with Gasteiger partial charge in [-0.3, -0.25) is 0 Å². The molecule has 8 aromatic carbocycles. The van der Waals surface area contributed by atoms with E-state index in [-0.39, 0.29) is 0 Å². The summed E-state index contributed by atoms with van der Waals surface area (Å²) in [5.74, 6) is 2.57. The predicted octanol–water partition coefficient (Wildman–Crippen LogP) is 13.8. The van der Waals surface area contributed by atoms with Crippen LogP contribution in [0.15, 0.2) is 205 Å². The lowest BCUT2D eigenvalue weighted by molar-refractivity contribution is 0.670. The molecule has 62 heavy (non-hydrogen) atoms. The van der Waals surface area contributed by atoms with Crippen LogP contribution in [0.4, 0.5) is 0 Å². The molecule has 0 saturated heterocycles. The fraction of sp³-hybridized carbons (Fsp3) is 0.0179. The zero-order valence-corrected chi connectivity index (χ0v) is 33.4. The Morgan fingerprint density at radius 1 is 0.323 bits per heavy atom. The highest BCUT2D eigenvalue weighted by atomic mass is 16.3. The molecule has 0 unspecified atom stereocenters. The highest BCUT2D eigenvalue weighted by Crippen LogP contribution is 2.42. The van der Waals surface area contributed by atoms with Crippen LogP contribution in [0.1, 0.15) is 11.1 Å². The highest BCUT2D eigenvalue weighted by Gasteiger charge is 2.24. The van der Waals surface area contributed by atoms with Gasteiger partial charge in [-0.2, -0.15) is 0 Å². The summed E-state index contributed by atoms with van der Waals surface area (Å²) in [5, 5.41) is 2.14. The van der Waals surface area contributed by atoms with Crippen molar-refractivity contribution in [2.45, 2.75) is 6.42 Å². The second-order valence-corrected chi connectivity index (χ2v) is 15.6. The van der Waals surface area contributed by atoms with Crippen molar-refractivity contribution in [3.63, 3.8) is 0 Å². The second kappa shape index (κ2) is 14.7. The third kappa shape index (κ3) is 6.25. The van der Waals surface area contributed by atoms with Crippen molar-refractivity contribution in [1.29, 1.82) is 0 Å². The van der Waals surface area contributed by atoms with Gasteiger partial charge >= 0.3 is 0 Å². The topological polar surface area (TPSA) is 77.6 Å². The van der Waals surface area contributed by atoms with Crippen molar-refractivity contribution in [2.24, 2.45) is 0 Å². The molecule has 3 aromatic heterocycles. The van der Waals surface area contributed by atoms with Crippen LogP contribution < -0.4 is 0 Å². The number of hydrogen-bond acceptors (Lipinski definition) is 6. The Balaban J connectivity index is 0.962. The molecule has 0 amide bonds. The summed E-state index contributed by atoms with van der Waals surface area (Å²) in [6.07, 6.45) is 0.839. The second-order valence-electron chi connectivity index (χ2n) is 15.6. The molecule has 1 aliphatic carbocycles. The Kier molecular flexibility index (Phi) is 8.45. The summed E-state index contributed by atoms with van der Waals surface area (Å²) in [4.78, 5) is 25.7. The minimum absolute atomic E-state index is 0.618. The lowest BCUT2D eigenvalue weighted by atomic mass is 9.98. The number of benzene rings is 8. The van der Waals surface area contributed by atoms with Crippen LogP contribution in [0.3, 0.4) is 0 Å². The van der Waals surface area contributed by atoms with Crippen LogP contribution >= 0.6 is 0 Å². The summed E-state index contributed by atoms with van der Waals surface area (Å²) < 4.78 is 6.48. The number of aromatic nitrogens is 5. The first kappa shape index (κ1) is 35.6. The van der Waals surface area contributed by atoms with Crippen molar-refractivity contribution in [3.05, 3.63) is 211 Å². The van der Waals surface area contributed by atoms with Crippen LogP contribution in [-0.2, 0) is 6.42 Å². The van der Waals surface area contributed by atoms with E-state index >= 15 is 0 Å². The molecule has 0 atom stereocenters. The Labute approximate surface area is 358 Å². The number of nitrogens with zero attached hydrogens (tertiary/aromatic N) is 5. The average Bonchev–Trinajstić information content (AvgIpc) is 3.93. The normalized spacial score (nSPS) is 11.8. The summed E-state index contributed by atoms with van der Waals surface area (Å²) in [6, 6.07) is 68.8. The average molecular weight is 794 g/mol. The van der Waals surface area contributed by atoms with Crippen molar-refractivity contribution < 1.29 is 4.42 Å². The van der Waals surface area contributed by atoms with E-state index < -0.39 is 0 Å². The van der Waals surface area contributed by atoms with Crippen LogP contribution in [0.2, 0.25) is 0 Å². The Morgan fingerprint density at radius 2 is 0.839 bits per heavy atom. The van der Waals surface area contributed by atoms with E-state index in [9.17, 15) is 0 Å². The molecule has 11 aromatic rings. The van der Waals surface area contributed by atoms with E-state index in [0.29, 0.717) is 23.3 Å². The van der Waals surface area contributed by atoms with Gasteiger partial charge in [-0.25, -0.2) is 24.9 Å². The molecular formula is C56H35N5O. The Bertz CT molecular complexity index is 3510. The maximum Gasteiger partial charge on any atom is 0.164 e. The lowest BCUT2D eigenvalue weighted by Crippen LogP contribution is -2.02. The molecule has 3 heterocycles. The van der Waals surface area contributed by atoms with Crippen LogP contribution in [-0.4, -0.2) is 24.9 Å². The van der Waals surface area contributed by atoms with Crippen molar-refractivity contribution in [1.82, 2.24) is 24.9 Å². The first-order valence-electron chi connectivity index (χ1n) is 20.8. The van der Waals surface area contributed by atoms with E-state index in [1.165, 1.54) is 22.3 Å². The standard InChI is InChI=1S/C56H35N5O/c1-3-15-35(16-4-1)53-57-49(34-50(58-53)47-29-14-27-45-44-25-9-10-30-51(44)62-52(45)47)40-22-11-20-37(31-40)38-21-12-23-41(32-38)55-59-54(36-17-5-2-6-18-36)60-56(61-55)46-28-13-26-43-42-24-8-7-19-39(42)33-48(43)46/h1-32,34H,33H2. The molecule has 0 saturated carbocycles. The van der Waals surface area contributed by atoms with Gasteiger partial charge in [0.15, 0.2) is 23.3 Å². The minimum Gasteiger partial charge on any atom is -0.455 e. The van der Waals surface area contributed by atoms with Crippen molar-refractivity contribution in [2.75, 3.05) is 0 Å². The molecule has 0 N–H and O–H groups in total. The quantitative estimate of drug-likeness (QED) is 0.160. The first-order chi connectivity index (χ1) is 30.7. The van der Waals surface area contributed by atoms with E-state index in [4.69, 9.17) is 29.3 Å². The van der Waals surface area contributed by atoms with Crippen LogP contribution in [0.5, 0.6) is 0 Å². The molecule has 0 fully saturated rings. The maximum atomic E-state index is 6.48. The minimum atomic E-state index is 0.618. The van der Waals surface area contributed by atoms with Gasteiger partial charge in [-0.15, -0.1) is 0 Å². The molecule has 290 valence electrons. The third-order valence-electron chi connectivity index (χ3n) is 11.8. The van der Waals surface area contributed by atoms with Crippen LogP contribution in [0, 0.1) is 0 Å². The summed E-state index contributed by atoms with van der Waals surface area (Å²) in [7, 11) is 0. The molecular weight excluding hydrogens is 759 g/mol. The zero-order valence-electron chi connectivity index (χ0n) is 33.4. The Hall–Kier alpha value is -8.35. The SMILES string of the molecule is c1ccc(-c2nc(-c3cccc(-c4cccc(-c5nc(-c6ccccc6)nc(-c6cccc7c6Cc6ccccc6-7)n5)c4)c3)cc(-c3cccc4c3oc3ccccc34)n2)cc1. The summed E-state index contributed by atoms with van der Waals surface area (Å²) >= 11 is 0. The summed E-state index contributed by atoms with van der Waals surface area (Å²) in [5.41, 5.74) is 16.1. The number of para-hydroxylation sites is 2. The van der Waals surface area contributed by atoms with Crippen molar-refractivity contribution >= 4 is 21.9 Å². The predicted molar refractivity (Wildman–Crippen MR) is 249 cm³/mol. The number of fused-ring (bicyclic) bond motifs is 6. The van der Waals surface area contributed by atoms with Crippen LogP contribution in [0.25, 0.3) is 112 Å². The number of rotatable bonds is 7. The monoisotopic (exact) mass is 793 g/mol. The lowest BCUT2D eigenvalue weighted by Gasteiger charge is -2.12. The molecule has 12 rings (SSSR count).